The molecule has 5 nitrogen and oxygen atoms in total. The van der Waals surface area contributed by atoms with Gasteiger partial charge in [-0.3, -0.25) is 9.69 Å². The van der Waals surface area contributed by atoms with E-state index in [0.717, 1.165) is 11.1 Å². The first-order valence-electron chi connectivity index (χ1n) is 10.3. The standard InChI is InChI=1S/C26H23NO4S2/c1-17-7-6-8-19(13-17)16-31-22-12-11-18(14-23(22)30-3)15-24-25(28)27(26(32)33-24)20-9-4-5-10-21(20)29-2/h4-15H,16H2,1-3H3/b24-15-. The zero-order valence-corrected chi connectivity index (χ0v) is 20.2. The van der Waals surface area contributed by atoms with Crippen LogP contribution in [0.4, 0.5) is 5.69 Å². The highest BCUT2D eigenvalue weighted by Crippen LogP contribution is 2.40. The highest BCUT2D eigenvalue weighted by Gasteiger charge is 2.34. The maximum Gasteiger partial charge on any atom is 0.270 e. The van der Waals surface area contributed by atoms with E-state index in [1.54, 1.807) is 20.3 Å². The van der Waals surface area contributed by atoms with Crippen molar-refractivity contribution in [2.75, 3.05) is 19.1 Å². The van der Waals surface area contributed by atoms with Gasteiger partial charge >= 0.3 is 0 Å². The van der Waals surface area contributed by atoms with Gasteiger partial charge in [-0.1, -0.05) is 72.0 Å². The number of thiocarbonyl (C=S) groups is 1. The number of aryl methyl sites for hydroxylation is 1. The quantitative estimate of drug-likeness (QED) is 0.307. The Bertz CT molecular complexity index is 1240. The maximum atomic E-state index is 13.1. The van der Waals surface area contributed by atoms with Crippen molar-refractivity contribution in [3.8, 4) is 17.2 Å². The topological polar surface area (TPSA) is 48.0 Å². The zero-order chi connectivity index (χ0) is 23.4. The Morgan fingerprint density at radius 1 is 0.939 bits per heavy atom. The van der Waals surface area contributed by atoms with Crippen LogP contribution in [0.1, 0.15) is 16.7 Å². The third-order valence-corrected chi connectivity index (χ3v) is 6.38. The van der Waals surface area contributed by atoms with Crippen molar-refractivity contribution in [1.82, 2.24) is 0 Å². The average Bonchev–Trinajstić information content (AvgIpc) is 3.10. The third-order valence-electron chi connectivity index (χ3n) is 5.08. The minimum Gasteiger partial charge on any atom is -0.495 e. The normalized spacial score (nSPS) is 14.6. The molecule has 0 spiro atoms. The van der Waals surface area contributed by atoms with E-state index in [1.165, 1.54) is 22.2 Å². The Kier molecular flexibility index (Phi) is 7.01. The van der Waals surface area contributed by atoms with Crippen molar-refractivity contribution >= 4 is 46.0 Å². The first kappa shape index (κ1) is 22.9. The molecule has 33 heavy (non-hydrogen) atoms. The number of para-hydroxylation sites is 2. The summed E-state index contributed by atoms with van der Waals surface area (Å²) in [5.74, 6) is 1.63. The number of benzene rings is 3. The monoisotopic (exact) mass is 477 g/mol. The van der Waals surface area contributed by atoms with Gasteiger partial charge in [-0.25, -0.2) is 0 Å². The summed E-state index contributed by atoms with van der Waals surface area (Å²) in [7, 11) is 3.17. The van der Waals surface area contributed by atoms with Crippen molar-refractivity contribution in [3.63, 3.8) is 0 Å². The van der Waals surface area contributed by atoms with Gasteiger partial charge in [0.05, 0.1) is 24.8 Å². The summed E-state index contributed by atoms with van der Waals surface area (Å²) in [5.41, 5.74) is 3.71. The lowest BCUT2D eigenvalue weighted by Gasteiger charge is -2.17. The molecule has 0 N–H and O–H groups in total. The number of amides is 1. The SMILES string of the molecule is COc1cc(/C=C2\SC(=S)N(c3ccccc3OC)C2=O)ccc1OCc1cccc(C)c1. The van der Waals surface area contributed by atoms with Gasteiger partial charge < -0.3 is 14.2 Å². The Hall–Kier alpha value is -3.29. The number of methoxy groups -OCH3 is 2. The molecule has 1 saturated heterocycles. The second-order valence-electron chi connectivity index (χ2n) is 7.38. The molecule has 3 aromatic rings. The molecular formula is C26H23NO4S2. The van der Waals surface area contributed by atoms with E-state index in [9.17, 15) is 4.79 Å². The molecule has 4 rings (SSSR count). The predicted octanol–water partition coefficient (Wildman–Crippen LogP) is 6.00. The van der Waals surface area contributed by atoms with Gasteiger partial charge in [0.1, 0.15) is 12.4 Å². The number of carbonyl (C=O) groups is 1. The highest BCUT2D eigenvalue weighted by molar-refractivity contribution is 8.27. The van der Waals surface area contributed by atoms with E-state index in [1.807, 2.05) is 54.6 Å². The molecule has 0 radical (unpaired) electrons. The van der Waals surface area contributed by atoms with Crippen LogP contribution in [0, 0.1) is 6.92 Å². The van der Waals surface area contributed by atoms with Crippen LogP contribution in [0.25, 0.3) is 6.08 Å². The number of carbonyl (C=O) groups excluding carboxylic acids is 1. The van der Waals surface area contributed by atoms with Crippen molar-refractivity contribution in [2.24, 2.45) is 0 Å². The molecule has 0 bridgehead atoms. The lowest BCUT2D eigenvalue weighted by molar-refractivity contribution is -0.113. The predicted molar refractivity (Wildman–Crippen MR) is 137 cm³/mol. The molecule has 0 saturated carbocycles. The van der Waals surface area contributed by atoms with Gasteiger partial charge in [-0.05, 0) is 48.4 Å². The summed E-state index contributed by atoms with van der Waals surface area (Å²) in [6.45, 7) is 2.49. The van der Waals surface area contributed by atoms with Crippen LogP contribution in [0.2, 0.25) is 0 Å². The van der Waals surface area contributed by atoms with Gasteiger partial charge in [0, 0.05) is 0 Å². The molecule has 3 aromatic carbocycles. The summed E-state index contributed by atoms with van der Waals surface area (Å²) in [6.07, 6.45) is 1.81. The van der Waals surface area contributed by atoms with E-state index in [0.29, 0.717) is 38.8 Å². The minimum atomic E-state index is -0.187. The molecule has 1 fully saturated rings. The van der Waals surface area contributed by atoms with Gasteiger partial charge in [0.2, 0.25) is 0 Å². The zero-order valence-electron chi connectivity index (χ0n) is 18.5. The number of anilines is 1. The Morgan fingerprint density at radius 2 is 1.73 bits per heavy atom. The fourth-order valence-corrected chi connectivity index (χ4v) is 4.78. The van der Waals surface area contributed by atoms with Crippen molar-refractivity contribution in [1.29, 1.82) is 0 Å². The van der Waals surface area contributed by atoms with Crippen LogP contribution >= 0.6 is 24.0 Å². The molecule has 1 aliphatic rings. The second kappa shape index (κ2) is 10.1. The van der Waals surface area contributed by atoms with Crippen LogP contribution in [-0.2, 0) is 11.4 Å². The number of hydrogen-bond acceptors (Lipinski definition) is 6. The average molecular weight is 478 g/mol. The molecule has 1 amide bonds. The Morgan fingerprint density at radius 3 is 2.48 bits per heavy atom. The molecule has 1 aliphatic heterocycles. The maximum absolute atomic E-state index is 13.1. The minimum absolute atomic E-state index is 0.187. The van der Waals surface area contributed by atoms with Crippen LogP contribution in [0.5, 0.6) is 17.2 Å². The molecule has 1 heterocycles. The highest BCUT2D eigenvalue weighted by atomic mass is 32.2. The Balaban J connectivity index is 1.55. The molecular weight excluding hydrogens is 454 g/mol. The van der Waals surface area contributed by atoms with Gasteiger partial charge in [-0.15, -0.1) is 0 Å². The number of rotatable bonds is 7. The molecule has 0 aromatic heterocycles. The van der Waals surface area contributed by atoms with Gasteiger partial charge in [-0.2, -0.15) is 0 Å². The summed E-state index contributed by atoms with van der Waals surface area (Å²) >= 11 is 6.75. The number of ether oxygens (including phenoxy) is 3. The lowest BCUT2D eigenvalue weighted by atomic mass is 10.1. The number of thioether (sulfide) groups is 1. The molecule has 0 aliphatic carbocycles. The molecule has 168 valence electrons. The van der Waals surface area contributed by atoms with E-state index in [-0.39, 0.29) is 5.91 Å². The van der Waals surface area contributed by atoms with Crippen molar-refractivity contribution in [3.05, 3.63) is 88.3 Å². The van der Waals surface area contributed by atoms with Gasteiger partial charge in [0.15, 0.2) is 15.8 Å². The summed E-state index contributed by atoms with van der Waals surface area (Å²) in [6, 6.07) is 21.1. The van der Waals surface area contributed by atoms with Crippen molar-refractivity contribution < 1.29 is 19.0 Å². The van der Waals surface area contributed by atoms with Gasteiger partial charge in [0.25, 0.3) is 5.91 Å². The van der Waals surface area contributed by atoms with Crippen LogP contribution in [0.15, 0.2) is 71.6 Å². The first-order valence-corrected chi connectivity index (χ1v) is 11.5. The van der Waals surface area contributed by atoms with E-state index in [4.69, 9.17) is 26.4 Å². The summed E-state index contributed by atoms with van der Waals surface area (Å²) in [5, 5.41) is 0. The largest absolute Gasteiger partial charge is 0.495 e. The number of nitrogens with zero attached hydrogens (tertiary/aromatic N) is 1. The Labute approximate surface area is 203 Å². The van der Waals surface area contributed by atoms with Crippen LogP contribution in [-0.4, -0.2) is 24.4 Å². The van der Waals surface area contributed by atoms with E-state index >= 15 is 0 Å². The first-order chi connectivity index (χ1) is 16.0. The van der Waals surface area contributed by atoms with E-state index in [2.05, 4.69) is 19.1 Å². The van der Waals surface area contributed by atoms with Crippen molar-refractivity contribution in [2.45, 2.75) is 13.5 Å². The van der Waals surface area contributed by atoms with Crippen LogP contribution in [0.3, 0.4) is 0 Å². The summed E-state index contributed by atoms with van der Waals surface area (Å²) in [4.78, 5) is 15.2. The number of hydrogen-bond donors (Lipinski definition) is 0. The molecule has 0 unspecified atom stereocenters. The fraction of sp³-hybridized carbons (Fsp3) is 0.154. The smallest absolute Gasteiger partial charge is 0.270 e. The second-order valence-corrected chi connectivity index (χ2v) is 9.05. The molecule has 0 atom stereocenters. The lowest BCUT2D eigenvalue weighted by Crippen LogP contribution is -2.27. The van der Waals surface area contributed by atoms with E-state index < -0.39 is 0 Å². The fourth-order valence-electron chi connectivity index (χ4n) is 3.50. The third kappa shape index (κ3) is 5.05. The summed E-state index contributed by atoms with van der Waals surface area (Å²) < 4.78 is 17.4. The van der Waals surface area contributed by atoms with Crippen LogP contribution < -0.4 is 19.1 Å². The molecule has 7 heteroatoms.